The molecular formula is C21H18BrN5O2. The largest absolute Gasteiger partial charge is 0.493 e. The number of nitrogens with two attached hydrogens (primary N) is 1. The summed E-state index contributed by atoms with van der Waals surface area (Å²) in [6.07, 6.45) is 0. The minimum Gasteiger partial charge on any atom is -0.493 e. The van der Waals surface area contributed by atoms with Crippen molar-refractivity contribution < 1.29 is 9.47 Å². The van der Waals surface area contributed by atoms with Crippen LogP contribution >= 0.6 is 15.9 Å². The highest BCUT2D eigenvalue weighted by molar-refractivity contribution is 9.10. The monoisotopic (exact) mass is 451 g/mol. The fourth-order valence-corrected chi connectivity index (χ4v) is 3.21. The first kappa shape index (κ1) is 18.9. The normalized spacial score (nSPS) is 10.7. The number of hydrogen-bond donors (Lipinski definition) is 2. The number of rotatable bonds is 5. The second-order valence-corrected chi connectivity index (χ2v) is 7.11. The van der Waals surface area contributed by atoms with E-state index in [0.29, 0.717) is 28.4 Å². The lowest BCUT2D eigenvalue weighted by Gasteiger charge is -2.12. The van der Waals surface area contributed by atoms with E-state index in [-0.39, 0.29) is 5.95 Å². The Kier molecular flexibility index (Phi) is 5.18. The molecule has 0 atom stereocenters. The third-order valence-electron chi connectivity index (χ3n) is 4.35. The summed E-state index contributed by atoms with van der Waals surface area (Å²) in [4.78, 5) is 13.4. The number of fused-ring (bicyclic) bond motifs is 1. The predicted molar refractivity (Wildman–Crippen MR) is 118 cm³/mol. The lowest BCUT2D eigenvalue weighted by molar-refractivity contribution is 0.355. The van der Waals surface area contributed by atoms with Gasteiger partial charge in [0.05, 0.1) is 25.4 Å². The van der Waals surface area contributed by atoms with Crippen LogP contribution < -0.4 is 20.5 Å². The number of nitrogen functional groups attached to an aromatic ring is 1. The maximum absolute atomic E-state index is 5.89. The van der Waals surface area contributed by atoms with Crippen LogP contribution in [0.2, 0.25) is 0 Å². The van der Waals surface area contributed by atoms with E-state index in [2.05, 4.69) is 31.2 Å². The smallest absolute Gasteiger partial charge is 0.222 e. The number of pyridine rings is 1. The zero-order valence-electron chi connectivity index (χ0n) is 15.8. The number of nitrogens with zero attached hydrogens (tertiary/aromatic N) is 3. The van der Waals surface area contributed by atoms with Gasteiger partial charge in [-0.05, 0) is 54.6 Å². The van der Waals surface area contributed by atoms with Gasteiger partial charge in [-0.2, -0.15) is 4.98 Å². The summed E-state index contributed by atoms with van der Waals surface area (Å²) in [5, 5.41) is 3.28. The summed E-state index contributed by atoms with van der Waals surface area (Å²) in [6, 6.07) is 17.2. The van der Waals surface area contributed by atoms with Gasteiger partial charge in [0.2, 0.25) is 5.95 Å². The van der Waals surface area contributed by atoms with Gasteiger partial charge in [0.15, 0.2) is 17.3 Å². The lowest BCUT2D eigenvalue weighted by Crippen LogP contribution is -2.03. The molecule has 0 amide bonds. The number of nitrogens with one attached hydrogen (secondary N) is 1. The van der Waals surface area contributed by atoms with Crippen molar-refractivity contribution >= 4 is 44.4 Å². The molecule has 0 saturated heterocycles. The van der Waals surface area contributed by atoms with Crippen LogP contribution in [0.1, 0.15) is 0 Å². The van der Waals surface area contributed by atoms with Crippen molar-refractivity contribution in [1.82, 2.24) is 15.0 Å². The van der Waals surface area contributed by atoms with Crippen LogP contribution in [-0.2, 0) is 0 Å². The molecule has 0 aliphatic heterocycles. The van der Waals surface area contributed by atoms with E-state index in [9.17, 15) is 0 Å². The summed E-state index contributed by atoms with van der Waals surface area (Å²) < 4.78 is 11.7. The van der Waals surface area contributed by atoms with Crippen molar-refractivity contribution in [1.29, 1.82) is 0 Å². The zero-order chi connectivity index (χ0) is 20.4. The molecule has 3 N–H and O–H groups in total. The first-order valence-electron chi connectivity index (χ1n) is 8.76. The highest BCUT2D eigenvalue weighted by Crippen LogP contribution is 2.33. The highest BCUT2D eigenvalue weighted by atomic mass is 79.9. The summed E-state index contributed by atoms with van der Waals surface area (Å²) >= 11 is 3.43. The molecule has 0 saturated carbocycles. The Balaban J connectivity index is 1.80. The van der Waals surface area contributed by atoms with Gasteiger partial charge >= 0.3 is 0 Å². The molecule has 146 valence electrons. The van der Waals surface area contributed by atoms with Gasteiger partial charge in [-0.25, -0.2) is 9.97 Å². The van der Waals surface area contributed by atoms with Crippen LogP contribution in [0.3, 0.4) is 0 Å². The van der Waals surface area contributed by atoms with E-state index in [1.165, 1.54) is 0 Å². The quantitative estimate of drug-likeness (QED) is 0.449. The summed E-state index contributed by atoms with van der Waals surface area (Å²) in [5.74, 6) is 2.01. The zero-order valence-corrected chi connectivity index (χ0v) is 17.4. The summed E-state index contributed by atoms with van der Waals surface area (Å²) in [5.41, 5.74) is 9.67. The van der Waals surface area contributed by atoms with E-state index in [1.807, 2.05) is 54.6 Å². The Labute approximate surface area is 176 Å². The molecule has 0 bridgehead atoms. The fraction of sp³-hybridized carbons (Fsp3) is 0.0952. The van der Waals surface area contributed by atoms with Gasteiger partial charge in [-0.15, -0.1) is 0 Å². The van der Waals surface area contributed by atoms with Crippen LogP contribution in [0.15, 0.2) is 59.1 Å². The van der Waals surface area contributed by atoms with Gasteiger partial charge in [0.1, 0.15) is 5.52 Å². The maximum atomic E-state index is 5.89. The molecule has 0 spiro atoms. The van der Waals surface area contributed by atoms with Crippen molar-refractivity contribution in [3.05, 3.63) is 59.1 Å². The fourth-order valence-electron chi connectivity index (χ4n) is 2.95. The van der Waals surface area contributed by atoms with E-state index in [4.69, 9.17) is 20.2 Å². The van der Waals surface area contributed by atoms with Gasteiger partial charge in [0.25, 0.3) is 0 Å². The number of halogens is 1. The van der Waals surface area contributed by atoms with Gasteiger partial charge in [0, 0.05) is 15.7 Å². The number of methoxy groups -OCH3 is 2. The molecule has 0 fully saturated rings. The molecule has 0 aliphatic rings. The Morgan fingerprint density at radius 3 is 2.34 bits per heavy atom. The van der Waals surface area contributed by atoms with Crippen molar-refractivity contribution in [3.63, 3.8) is 0 Å². The Bertz CT molecular complexity index is 1180. The second-order valence-electron chi connectivity index (χ2n) is 6.20. The number of ether oxygens (including phenoxy) is 2. The molecule has 4 aromatic rings. The Morgan fingerprint density at radius 2 is 1.62 bits per heavy atom. The van der Waals surface area contributed by atoms with Crippen molar-refractivity contribution in [3.8, 4) is 22.8 Å². The topological polar surface area (TPSA) is 95.2 Å². The summed E-state index contributed by atoms with van der Waals surface area (Å²) in [7, 11) is 3.21. The van der Waals surface area contributed by atoms with Gasteiger partial charge in [-0.1, -0.05) is 15.9 Å². The van der Waals surface area contributed by atoms with Crippen molar-refractivity contribution in [2.45, 2.75) is 0 Å². The molecule has 2 aromatic carbocycles. The Hall–Kier alpha value is -3.39. The molecule has 0 unspecified atom stereocenters. The van der Waals surface area contributed by atoms with E-state index in [1.54, 1.807) is 14.2 Å². The predicted octanol–water partition coefficient (Wildman–Crippen LogP) is 4.80. The molecule has 29 heavy (non-hydrogen) atoms. The van der Waals surface area contributed by atoms with Crippen LogP contribution in [-0.4, -0.2) is 29.2 Å². The van der Waals surface area contributed by atoms with E-state index in [0.717, 1.165) is 21.4 Å². The third-order valence-corrected chi connectivity index (χ3v) is 4.87. The molecule has 2 aromatic heterocycles. The van der Waals surface area contributed by atoms with Crippen molar-refractivity contribution in [2.75, 3.05) is 25.3 Å². The van der Waals surface area contributed by atoms with Crippen LogP contribution in [0, 0.1) is 0 Å². The first-order chi connectivity index (χ1) is 14.1. The van der Waals surface area contributed by atoms with E-state index < -0.39 is 0 Å². The molecule has 0 aliphatic carbocycles. The molecule has 7 nitrogen and oxygen atoms in total. The van der Waals surface area contributed by atoms with Crippen LogP contribution in [0.5, 0.6) is 11.5 Å². The lowest BCUT2D eigenvalue weighted by atomic mass is 10.1. The van der Waals surface area contributed by atoms with Crippen LogP contribution in [0.4, 0.5) is 17.5 Å². The second kappa shape index (κ2) is 7.92. The Morgan fingerprint density at radius 1 is 0.862 bits per heavy atom. The number of aromatic nitrogens is 3. The third kappa shape index (κ3) is 3.93. The maximum Gasteiger partial charge on any atom is 0.222 e. The molecular weight excluding hydrogens is 434 g/mol. The number of hydrogen-bond acceptors (Lipinski definition) is 7. The van der Waals surface area contributed by atoms with Gasteiger partial charge < -0.3 is 20.5 Å². The number of anilines is 3. The first-order valence-corrected chi connectivity index (χ1v) is 9.56. The van der Waals surface area contributed by atoms with Crippen molar-refractivity contribution in [2.24, 2.45) is 0 Å². The highest BCUT2D eigenvalue weighted by Gasteiger charge is 2.12. The minimum atomic E-state index is 0.178. The molecule has 2 heterocycles. The SMILES string of the molecule is COc1ccc(-c2ccc3nc(N)nc(Nc4ccc(Br)cc4)c3n2)cc1OC. The summed E-state index contributed by atoms with van der Waals surface area (Å²) in [6.45, 7) is 0. The molecule has 4 rings (SSSR count). The average Bonchev–Trinajstić information content (AvgIpc) is 2.74. The number of benzene rings is 2. The standard InChI is InChI=1S/C21H18BrN5O2/c1-28-17-10-3-12(11-18(17)29-2)15-8-9-16-19(25-15)20(27-21(23)26-16)24-14-6-4-13(22)5-7-14/h3-11H,1-2H3,(H3,23,24,26,27). The van der Waals surface area contributed by atoms with Gasteiger partial charge in [-0.3, -0.25) is 0 Å². The minimum absolute atomic E-state index is 0.178. The van der Waals surface area contributed by atoms with Crippen LogP contribution in [0.25, 0.3) is 22.3 Å². The molecule has 8 heteroatoms. The van der Waals surface area contributed by atoms with E-state index >= 15 is 0 Å². The molecule has 0 radical (unpaired) electrons. The average molecular weight is 452 g/mol.